The quantitative estimate of drug-likeness (QED) is 0.796. The van der Waals surface area contributed by atoms with Crippen molar-refractivity contribution in [2.24, 2.45) is 0 Å². The van der Waals surface area contributed by atoms with Crippen molar-refractivity contribution in [3.05, 3.63) is 28.6 Å². The van der Waals surface area contributed by atoms with Crippen LogP contribution < -0.4 is 0 Å². The van der Waals surface area contributed by atoms with Crippen molar-refractivity contribution < 1.29 is 4.74 Å². The molecular formula is C10H10BrN3O. The number of nitrogens with zero attached hydrogens (tertiary/aromatic N) is 3. The van der Waals surface area contributed by atoms with Gasteiger partial charge in [-0.3, -0.25) is 0 Å². The third-order valence-electron chi connectivity index (χ3n) is 2.55. The highest BCUT2D eigenvalue weighted by Crippen LogP contribution is 2.27. The fourth-order valence-corrected chi connectivity index (χ4v) is 2.23. The molecular weight excluding hydrogens is 258 g/mol. The van der Waals surface area contributed by atoms with Crippen LogP contribution in [0, 0.1) is 0 Å². The van der Waals surface area contributed by atoms with Gasteiger partial charge in [-0.05, 0) is 40.9 Å². The van der Waals surface area contributed by atoms with E-state index in [9.17, 15) is 0 Å². The molecule has 0 bridgehead atoms. The summed E-state index contributed by atoms with van der Waals surface area (Å²) < 4.78 is 8.29. The molecule has 0 radical (unpaired) electrons. The van der Waals surface area contributed by atoms with Crippen molar-refractivity contribution in [2.75, 3.05) is 6.61 Å². The van der Waals surface area contributed by atoms with E-state index < -0.39 is 0 Å². The maximum atomic E-state index is 5.55. The van der Waals surface area contributed by atoms with Crippen LogP contribution in [0.2, 0.25) is 0 Å². The van der Waals surface area contributed by atoms with Gasteiger partial charge in [0, 0.05) is 12.8 Å². The molecule has 0 amide bonds. The summed E-state index contributed by atoms with van der Waals surface area (Å²) in [6.45, 7) is 0.821. The van der Waals surface area contributed by atoms with Crippen LogP contribution >= 0.6 is 15.9 Å². The van der Waals surface area contributed by atoms with Gasteiger partial charge in [-0.2, -0.15) is 0 Å². The van der Waals surface area contributed by atoms with Gasteiger partial charge >= 0.3 is 0 Å². The standard InChI is InChI=1S/C10H10BrN3O/c11-7-3-1-5-14-10(7)12-9(13-14)8-4-2-6-15-8/h1,3,5,8H,2,4,6H2. The fraction of sp³-hybridized carbons (Fsp3) is 0.400. The highest BCUT2D eigenvalue weighted by atomic mass is 79.9. The zero-order valence-electron chi connectivity index (χ0n) is 8.06. The van der Waals surface area contributed by atoms with Gasteiger partial charge in [0.05, 0.1) is 4.47 Å². The molecule has 0 aliphatic carbocycles. The van der Waals surface area contributed by atoms with Crippen LogP contribution in [0.15, 0.2) is 22.8 Å². The normalized spacial score (nSPS) is 21.3. The van der Waals surface area contributed by atoms with E-state index in [1.807, 2.05) is 18.3 Å². The molecule has 4 nitrogen and oxygen atoms in total. The van der Waals surface area contributed by atoms with Crippen molar-refractivity contribution in [2.45, 2.75) is 18.9 Å². The van der Waals surface area contributed by atoms with Gasteiger partial charge in [-0.25, -0.2) is 9.50 Å². The first kappa shape index (κ1) is 9.30. The summed E-state index contributed by atoms with van der Waals surface area (Å²) in [6.07, 6.45) is 4.10. The summed E-state index contributed by atoms with van der Waals surface area (Å²) in [5.41, 5.74) is 0.850. The lowest BCUT2D eigenvalue weighted by Gasteiger charge is -2.01. The van der Waals surface area contributed by atoms with Gasteiger partial charge in [0.15, 0.2) is 11.5 Å². The molecule has 1 saturated heterocycles. The Labute approximate surface area is 95.4 Å². The SMILES string of the molecule is Brc1cccn2nc(C3CCCO3)nc12. The maximum Gasteiger partial charge on any atom is 0.180 e. The Kier molecular flexibility index (Phi) is 2.21. The second-order valence-corrected chi connectivity index (χ2v) is 4.45. The van der Waals surface area contributed by atoms with Crippen molar-refractivity contribution >= 4 is 21.6 Å². The molecule has 0 saturated carbocycles. The Bertz CT molecular complexity index is 490. The first-order valence-corrected chi connectivity index (χ1v) is 5.76. The van der Waals surface area contributed by atoms with E-state index >= 15 is 0 Å². The minimum atomic E-state index is 0.0804. The lowest BCUT2D eigenvalue weighted by molar-refractivity contribution is 0.105. The van der Waals surface area contributed by atoms with Crippen molar-refractivity contribution in [3.8, 4) is 0 Å². The Morgan fingerprint density at radius 3 is 3.20 bits per heavy atom. The minimum absolute atomic E-state index is 0.0804. The molecule has 1 aliphatic rings. The van der Waals surface area contributed by atoms with Gasteiger partial charge in [0.1, 0.15) is 6.10 Å². The molecule has 1 unspecified atom stereocenters. The van der Waals surface area contributed by atoms with E-state index in [1.165, 1.54) is 0 Å². The third kappa shape index (κ3) is 1.55. The van der Waals surface area contributed by atoms with Crippen LogP contribution in [0.25, 0.3) is 5.65 Å². The summed E-state index contributed by atoms with van der Waals surface area (Å²) in [5.74, 6) is 0.791. The topological polar surface area (TPSA) is 39.4 Å². The van der Waals surface area contributed by atoms with Gasteiger partial charge in [0.2, 0.25) is 0 Å². The van der Waals surface area contributed by atoms with Gasteiger partial charge in [0.25, 0.3) is 0 Å². The van der Waals surface area contributed by atoms with Gasteiger partial charge in [-0.1, -0.05) is 0 Å². The van der Waals surface area contributed by atoms with Crippen LogP contribution in [0.3, 0.4) is 0 Å². The summed E-state index contributed by atoms with van der Waals surface area (Å²) in [6, 6.07) is 3.90. The predicted octanol–water partition coefficient (Wildman–Crippen LogP) is 2.34. The highest BCUT2D eigenvalue weighted by Gasteiger charge is 2.22. The van der Waals surface area contributed by atoms with Crippen LogP contribution in [0.4, 0.5) is 0 Å². The number of ether oxygens (including phenoxy) is 1. The lowest BCUT2D eigenvalue weighted by atomic mass is 10.2. The summed E-state index contributed by atoms with van der Waals surface area (Å²) in [4.78, 5) is 4.47. The average Bonchev–Trinajstić information content (AvgIpc) is 2.86. The number of halogens is 1. The van der Waals surface area contributed by atoms with Crippen LogP contribution in [0.5, 0.6) is 0 Å². The number of hydrogen-bond acceptors (Lipinski definition) is 3. The lowest BCUT2D eigenvalue weighted by Crippen LogP contribution is -1.98. The molecule has 2 aromatic heterocycles. The number of aromatic nitrogens is 3. The molecule has 1 fully saturated rings. The van der Waals surface area contributed by atoms with Crippen LogP contribution in [-0.4, -0.2) is 21.2 Å². The summed E-state index contributed by atoms with van der Waals surface area (Å²) in [5, 5.41) is 4.41. The molecule has 5 heteroatoms. The molecule has 0 aromatic carbocycles. The smallest absolute Gasteiger partial charge is 0.180 e. The van der Waals surface area contributed by atoms with E-state index in [0.29, 0.717) is 0 Å². The Hall–Kier alpha value is -0.940. The van der Waals surface area contributed by atoms with Crippen LogP contribution in [0.1, 0.15) is 24.8 Å². The van der Waals surface area contributed by atoms with Crippen molar-refractivity contribution in [1.82, 2.24) is 14.6 Å². The van der Waals surface area contributed by atoms with E-state index in [-0.39, 0.29) is 6.10 Å². The summed E-state index contributed by atoms with van der Waals surface area (Å²) >= 11 is 3.45. The third-order valence-corrected chi connectivity index (χ3v) is 3.17. The zero-order chi connectivity index (χ0) is 10.3. The number of rotatable bonds is 1. The van der Waals surface area contributed by atoms with E-state index in [2.05, 4.69) is 26.0 Å². The van der Waals surface area contributed by atoms with E-state index in [0.717, 1.165) is 35.4 Å². The molecule has 3 rings (SSSR count). The number of fused-ring (bicyclic) bond motifs is 1. The summed E-state index contributed by atoms with van der Waals surface area (Å²) in [7, 11) is 0. The highest BCUT2D eigenvalue weighted by molar-refractivity contribution is 9.10. The fourth-order valence-electron chi connectivity index (χ4n) is 1.81. The predicted molar refractivity (Wildman–Crippen MR) is 58.6 cm³/mol. The van der Waals surface area contributed by atoms with Gasteiger partial charge < -0.3 is 4.74 Å². The Balaban J connectivity index is 2.09. The molecule has 1 aliphatic heterocycles. The van der Waals surface area contributed by atoms with E-state index in [4.69, 9.17) is 4.74 Å². The minimum Gasteiger partial charge on any atom is -0.370 e. The van der Waals surface area contributed by atoms with E-state index in [1.54, 1.807) is 4.52 Å². The zero-order valence-corrected chi connectivity index (χ0v) is 9.64. The van der Waals surface area contributed by atoms with Gasteiger partial charge in [-0.15, -0.1) is 5.10 Å². The second kappa shape index (κ2) is 3.57. The van der Waals surface area contributed by atoms with Crippen molar-refractivity contribution in [1.29, 1.82) is 0 Å². The Morgan fingerprint density at radius 2 is 2.47 bits per heavy atom. The first-order chi connectivity index (χ1) is 7.34. The average molecular weight is 268 g/mol. The molecule has 2 aromatic rings. The molecule has 0 spiro atoms. The largest absolute Gasteiger partial charge is 0.370 e. The molecule has 78 valence electrons. The molecule has 15 heavy (non-hydrogen) atoms. The van der Waals surface area contributed by atoms with Crippen LogP contribution in [-0.2, 0) is 4.74 Å². The number of hydrogen-bond donors (Lipinski definition) is 0. The molecule has 1 atom stereocenters. The molecule has 3 heterocycles. The molecule has 0 N–H and O–H groups in total. The number of pyridine rings is 1. The first-order valence-electron chi connectivity index (χ1n) is 4.97. The second-order valence-electron chi connectivity index (χ2n) is 3.60. The monoisotopic (exact) mass is 267 g/mol. The Morgan fingerprint density at radius 1 is 1.53 bits per heavy atom. The maximum absolute atomic E-state index is 5.55. The van der Waals surface area contributed by atoms with Crippen molar-refractivity contribution in [3.63, 3.8) is 0 Å².